The first-order chi connectivity index (χ1) is 16.0. The van der Waals surface area contributed by atoms with Crippen LogP contribution in [-0.4, -0.2) is 5.92 Å². The largest absolute Gasteiger partial charge is 0.429 e. The molecule has 0 aliphatic heterocycles. The standard InChI is InChI=1S/C26H29F7O/c1-3-17-9-12-21(24(29)23(17)28)26(32,33)34-19-10-11-20(22(27)15-19)18-7-5-16(6-8-18)13-14-25(30,31)4-2/h9-12,15-16,18H,3-8,13-14H2,1-2H3. The van der Waals surface area contributed by atoms with Gasteiger partial charge in [0.05, 0.1) is 0 Å². The van der Waals surface area contributed by atoms with Gasteiger partial charge in [0.2, 0.25) is 5.92 Å². The molecule has 3 rings (SSSR count). The molecule has 0 atom stereocenters. The molecule has 0 radical (unpaired) electrons. The van der Waals surface area contributed by atoms with Crippen molar-refractivity contribution in [3.63, 3.8) is 0 Å². The Bertz CT molecular complexity index is 981. The van der Waals surface area contributed by atoms with Crippen molar-refractivity contribution in [2.24, 2.45) is 5.92 Å². The van der Waals surface area contributed by atoms with Gasteiger partial charge in [-0.2, -0.15) is 8.78 Å². The minimum Gasteiger partial charge on any atom is -0.429 e. The summed E-state index contributed by atoms with van der Waals surface area (Å²) in [4.78, 5) is 0. The van der Waals surface area contributed by atoms with E-state index in [0.717, 1.165) is 18.2 Å². The Labute approximate surface area is 195 Å². The van der Waals surface area contributed by atoms with Gasteiger partial charge in [0.1, 0.15) is 17.1 Å². The molecule has 0 saturated heterocycles. The molecule has 188 valence electrons. The molecule has 0 amide bonds. The van der Waals surface area contributed by atoms with Gasteiger partial charge in [0.25, 0.3) is 0 Å². The highest BCUT2D eigenvalue weighted by molar-refractivity contribution is 5.34. The summed E-state index contributed by atoms with van der Waals surface area (Å²) in [7, 11) is 0. The van der Waals surface area contributed by atoms with Crippen LogP contribution in [0.5, 0.6) is 5.75 Å². The van der Waals surface area contributed by atoms with Crippen LogP contribution in [0.15, 0.2) is 30.3 Å². The Morgan fingerprint density at radius 3 is 2.15 bits per heavy atom. The molecule has 34 heavy (non-hydrogen) atoms. The van der Waals surface area contributed by atoms with E-state index in [9.17, 15) is 30.7 Å². The van der Waals surface area contributed by atoms with Crippen LogP contribution in [0.2, 0.25) is 0 Å². The molecule has 0 spiro atoms. The van der Waals surface area contributed by atoms with E-state index >= 15 is 0 Å². The molecular weight excluding hydrogens is 461 g/mol. The normalized spacial score (nSPS) is 19.3. The lowest BCUT2D eigenvalue weighted by atomic mass is 9.76. The van der Waals surface area contributed by atoms with Crippen LogP contribution in [0, 0.1) is 23.4 Å². The molecular formula is C26H29F7O. The van der Waals surface area contributed by atoms with Crippen molar-refractivity contribution < 1.29 is 35.5 Å². The molecule has 1 fully saturated rings. The molecule has 1 aliphatic rings. The first kappa shape index (κ1) is 26.4. The summed E-state index contributed by atoms with van der Waals surface area (Å²) in [5.74, 6) is -6.96. The average Bonchev–Trinajstić information content (AvgIpc) is 2.79. The van der Waals surface area contributed by atoms with Crippen LogP contribution < -0.4 is 4.74 Å². The Morgan fingerprint density at radius 2 is 1.56 bits per heavy atom. The van der Waals surface area contributed by atoms with Crippen LogP contribution in [0.1, 0.15) is 81.4 Å². The number of alkyl halides is 4. The Morgan fingerprint density at radius 1 is 0.882 bits per heavy atom. The maximum absolute atomic E-state index is 14.7. The van der Waals surface area contributed by atoms with Crippen molar-refractivity contribution in [2.45, 2.75) is 83.2 Å². The van der Waals surface area contributed by atoms with Gasteiger partial charge in [-0.1, -0.05) is 26.0 Å². The lowest BCUT2D eigenvalue weighted by molar-refractivity contribution is -0.187. The molecule has 2 aromatic carbocycles. The van der Waals surface area contributed by atoms with E-state index in [4.69, 9.17) is 0 Å². The fourth-order valence-corrected chi connectivity index (χ4v) is 4.55. The van der Waals surface area contributed by atoms with Crippen molar-refractivity contribution in [1.82, 2.24) is 0 Å². The van der Waals surface area contributed by atoms with Crippen molar-refractivity contribution >= 4 is 0 Å². The Balaban J connectivity index is 1.65. The van der Waals surface area contributed by atoms with E-state index < -0.39 is 40.8 Å². The molecule has 2 aromatic rings. The van der Waals surface area contributed by atoms with E-state index in [1.807, 2.05) is 0 Å². The van der Waals surface area contributed by atoms with Crippen LogP contribution in [-0.2, 0) is 12.5 Å². The number of ether oxygens (including phenoxy) is 1. The predicted molar refractivity (Wildman–Crippen MR) is 116 cm³/mol. The van der Waals surface area contributed by atoms with Gasteiger partial charge in [-0.05, 0) is 73.6 Å². The SMILES string of the molecule is CCc1ccc(C(F)(F)Oc2ccc(C3CCC(CCC(F)(F)CC)CC3)c(F)c2)c(F)c1F. The molecule has 1 nitrogen and oxygen atoms in total. The first-order valence-electron chi connectivity index (χ1n) is 11.7. The third-order valence-electron chi connectivity index (χ3n) is 6.80. The smallest absolute Gasteiger partial charge is 0.429 e. The highest BCUT2D eigenvalue weighted by Gasteiger charge is 2.39. The summed E-state index contributed by atoms with van der Waals surface area (Å²) >= 11 is 0. The second-order valence-corrected chi connectivity index (χ2v) is 9.02. The highest BCUT2D eigenvalue weighted by Crippen LogP contribution is 2.41. The zero-order valence-corrected chi connectivity index (χ0v) is 19.3. The topological polar surface area (TPSA) is 9.23 Å². The Hall–Kier alpha value is -2.25. The fourth-order valence-electron chi connectivity index (χ4n) is 4.55. The lowest BCUT2D eigenvalue weighted by Crippen LogP contribution is -2.24. The van der Waals surface area contributed by atoms with Gasteiger partial charge in [0.15, 0.2) is 11.6 Å². The molecule has 0 unspecified atom stereocenters. The number of aryl methyl sites for hydroxylation is 1. The van der Waals surface area contributed by atoms with Crippen molar-refractivity contribution in [2.75, 3.05) is 0 Å². The minimum absolute atomic E-state index is 0.0405. The fraction of sp³-hybridized carbons (Fsp3) is 0.538. The maximum Gasteiger partial charge on any atom is 0.429 e. The third kappa shape index (κ3) is 6.05. The second kappa shape index (κ2) is 10.6. The predicted octanol–water partition coefficient (Wildman–Crippen LogP) is 8.89. The summed E-state index contributed by atoms with van der Waals surface area (Å²) in [6, 6.07) is 5.17. The van der Waals surface area contributed by atoms with Crippen molar-refractivity contribution in [1.29, 1.82) is 0 Å². The van der Waals surface area contributed by atoms with Gasteiger partial charge < -0.3 is 4.74 Å². The van der Waals surface area contributed by atoms with Gasteiger partial charge >= 0.3 is 6.11 Å². The molecule has 1 saturated carbocycles. The lowest BCUT2D eigenvalue weighted by Gasteiger charge is -2.30. The van der Waals surface area contributed by atoms with Crippen molar-refractivity contribution in [3.05, 3.63) is 64.5 Å². The van der Waals surface area contributed by atoms with Gasteiger partial charge in [-0.3, -0.25) is 0 Å². The van der Waals surface area contributed by atoms with Gasteiger partial charge in [0, 0.05) is 18.9 Å². The number of hydrogen-bond donors (Lipinski definition) is 0. The zero-order chi connectivity index (χ0) is 25.1. The highest BCUT2D eigenvalue weighted by atomic mass is 19.3. The zero-order valence-electron chi connectivity index (χ0n) is 19.3. The first-order valence-corrected chi connectivity index (χ1v) is 11.7. The van der Waals surface area contributed by atoms with Crippen LogP contribution in [0.4, 0.5) is 30.7 Å². The average molecular weight is 491 g/mol. The second-order valence-electron chi connectivity index (χ2n) is 9.02. The van der Waals surface area contributed by atoms with Crippen LogP contribution >= 0.6 is 0 Å². The summed E-state index contributed by atoms with van der Waals surface area (Å²) < 4.78 is 103. The van der Waals surface area contributed by atoms with E-state index in [-0.39, 0.29) is 36.7 Å². The maximum atomic E-state index is 14.7. The molecule has 8 heteroatoms. The summed E-state index contributed by atoms with van der Waals surface area (Å²) in [5.41, 5.74) is -0.961. The Kier molecular flexibility index (Phi) is 8.19. The van der Waals surface area contributed by atoms with Crippen LogP contribution in [0.25, 0.3) is 0 Å². The summed E-state index contributed by atoms with van der Waals surface area (Å²) in [6.07, 6.45) is -1.37. The quantitative estimate of drug-likeness (QED) is 0.319. The van der Waals surface area contributed by atoms with Gasteiger partial charge in [-0.25, -0.2) is 22.0 Å². The van der Waals surface area contributed by atoms with E-state index in [1.54, 1.807) is 6.92 Å². The molecule has 0 bridgehead atoms. The van der Waals surface area contributed by atoms with E-state index in [2.05, 4.69) is 4.74 Å². The van der Waals surface area contributed by atoms with Crippen LogP contribution in [0.3, 0.4) is 0 Å². The minimum atomic E-state index is -4.20. The summed E-state index contributed by atoms with van der Waals surface area (Å²) in [6.45, 7) is 3.02. The number of hydrogen-bond acceptors (Lipinski definition) is 1. The third-order valence-corrected chi connectivity index (χ3v) is 6.80. The van der Waals surface area contributed by atoms with E-state index in [1.165, 1.54) is 19.1 Å². The number of rotatable bonds is 9. The molecule has 1 aliphatic carbocycles. The van der Waals surface area contributed by atoms with Gasteiger partial charge in [-0.15, -0.1) is 0 Å². The monoisotopic (exact) mass is 490 g/mol. The van der Waals surface area contributed by atoms with Crippen molar-refractivity contribution in [3.8, 4) is 5.75 Å². The number of benzene rings is 2. The molecule has 0 heterocycles. The summed E-state index contributed by atoms with van der Waals surface area (Å²) in [5, 5.41) is 0. The van der Waals surface area contributed by atoms with E-state index in [0.29, 0.717) is 37.7 Å². The molecule has 0 N–H and O–H groups in total. The molecule has 0 aromatic heterocycles. The number of halogens is 7.